The molecule has 0 aliphatic carbocycles. The number of furan rings is 1. The summed E-state index contributed by atoms with van der Waals surface area (Å²) in [5, 5.41) is 5.69. The molecule has 2 aromatic carbocycles. The van der Waals surface area contributed by atoms with Gasteiger partial charge in [-0.2, -0.15) is 0 Å². The summed E-state index contributed by atoms with van der Waals surface area (Å²) in [6.07, 6.45) is 3.65. The van der Waals surface area contributed by atoms with Crippen LogP contribution in [0.3, 0.4) is 0 Å². The van der Waals surface area contributed by atoms with Gasteiger partial charge < -0.3 is 19.8 Å². The van der Waals surface area contributed by atoms with E-state index in [-0.39, 0.29) is 11.8 Å². The van der Waals surface area contributed by atoms with Gasteiger partial charge in [0.25, 0.3) is 11.8 Å². The molecule has 6 heteroatoms. The van der Waals surface area contributed by atoms with E-state index in [1.54, 1.807) is 60.9 Å². The summed E-state index contributed by atoms with van der Waals surface area (Å²) in [4.78, 5) is 24.7. The van der Waals surface area contributed by atoms with E-state index in [1.807, 2.05) is 6.07 Å². The average Bonchev–Trinajstić information content (AvgIpc) is 3.30. The van der Waals surface area contributed by atoms with Crippen LogP contribution in [0.4, 0.5) is 0 Å². The Morgan fingerprint density at radius 2 is 1.67 bits per heavy atom. The highest BCUT2D eigenvalue weighted by molar-refractivity contribution is 5.95. The van der Waals surface area contributed by atoms with E-state index in [0.717, 1.165) is 24.2 Å². The third kappa shape index (κ3) is 6.24. The number of benzene rings is 2. The average molecular weight is 406 g/mol. The third-order valence-electron chi connectivity index (χ3n) is 4.53. The Balaban J connectivity index is 1.50. The van der Waals surface area contributed by atoms with Crippen LogP contribution in [0.2, 0.25) is 0 Å². The van der Waals surface area contributed by atoms with Gasteiger partial charge in [-0.05, 0) is 60.5 Å². The number of nitrogens with one attached hydrogen (secondary N) is 2. The minimum Gasteiger partial charge on any atom is -0.494 e. The monoisotopic (exact) mass is 406 g/mol. The summed E-state index contributed by atoms with van der Waals surface area (Å²) in [6.45, 7) is 3.44. The molecule has 0 saturated heterocycles. The summed E-state index contributed by atoms with van der Waals surface area (Å²) in [5.74, 6) is 1.07. The number of amides is 2. The quantitative estimate of drug-likeness (QED) is 0.492. The topological polar surface area (TPSA) is 80.6 Å². The first kappa shape index (κ1) is 21.2. The van der Waals surface area contributed by atoms with Crippen LogP contribution in [0.5, 0.6) is 5.75 Å². The van der Waals surface area contributed by atoms with Crippen LogP contribution in [0, 0.1) is 0 Å². The van der Waals surface area contributed by atoms with Gasteiger partial charge in [-0.1, -0.05) is 25.5 Å². The molecule has 0 fully saturated rings. The number of carbonyl (C=O) groups is 2. The van der Waals surface area contributed by atoms with Crippen molar-refractivity contribution in [2.24, 2.45) is 0 Å². The third-order valence-corrected chi connectivity index (χ3v) is 4.53. The van der Waals surface area contributed by atoms with E-state index in [0.29, 0.717) is 36.6 Å². The zero-order valence-corrected chi connectivity index (χ0v) is 17.0. The Hall–Kier alpha value is -3.54. The van der Waals surface area contributed by atoms with Gasteiger partial charge in [-0.15, -0.1) is 0 Å². The minimum absolute atomic E-state index is 0.178. The molecule has 3 rings (SSSR count). The Bertz CT molecular complexity index is 950. The fraction of sp³-hybridized carbons (Fsp3) is 0.250. The maximum atomic E-state index is 12.4. The molecule has 0 atom stereocenters. The Morgan fingerprint density at radius 3 is 2.40 bits per heavy atom. The fourth-order valence-electron chi connectivity index (χ4n) is 2.83. The molecule has 1 aromatic heterocycles. The van der Waals surface area contributed by atoms with Gasteiger partial charge in [0.05, 0.1) is 19.4 Å². The summed E-state index contributed by atoms with van der Waals surface area (Å²) < 4.78 is 10.8. The first-order chi connectivity index (χ1) is 14.7. The van der Waals surface area contributed by atoms with Gasteiger partial charge in [0.15, 0.2) is 0 Å². The lowest BCUT2D eigenvalue weighted by molar-refractivity contribution is 0.0943. The van der Waals surface area contributed by atoms with Gasteiger partial charge >= 0.3 is 0 Å². The van der Waals surface area contributed by atoms with Crippen molar-refractivity contribution >= 4 is 11.8 Å². The number of unbranched alkanes of at least 4 members (excludes halogenated alkanes) is 1. The normalized spacial score (nSPS) is 10.4. The van der Waals surface area contributed by atoms with Crippen molar-refractivity contribution in [2.75, 3.05) is 6.61 Å². The largest absolute Gasteiger partial charge is 0.494 e. The maximum Gasteiger partial charge on any atom is 0.251 e. The van der Waals surface area contributed by atoms with E-state index in [4.69, 9.17) is 9.15 Å². The second-order valence-electron chi connectivity index (χ2n) is 6.87. The molecule has 2 N–H and O–H groups in total. The zero-order valence-electron chi connectivity index (χ0n) is 17.0. The summed E-state index contributed by atoms with van der Waals surface area (Å²) in [5.41, 5.74) is 1.93. The van der Waals surface area contributed by atoms with Crippen molar-refractivity contribution in [2.45, 2.75) is 32.9 Å². The first-order valence-corrected chi connectivity index (χ1v) is 10.1. The Morgan fingerprint density at radius 1 is 0.900 bits per heavy atom. The smallest absolute Gasteiger partial charge is 0.251 e. The summed E-state index contributed by atoms with van der Waals surface area (Å²) >= 11 is 0. The molecule has 0 aliphatic heterocycles. The van der Waals surface area contributed by atoms with Gasteiger partial charge in [0, 0.05) is 17.7 Å². The second kappa shape index (κ2) is 10.9. The van der Waals surface area contributed by atoms with E-state index in [1.165, 1.54) is 0 Å². The van der Waals surface area contributed by atoms with Crippen molar-refractivity contribution < 1.29 is 18.7 Å². The van der Waals surface area contributed by atoms with Crippen LogP contribution in [-0.2, 0) is 13.1 Å². The summed E-state index contributed by atoms with van der Waals surface area (Å²) in [6, 6.07) is 17.8. The van der Waals surface area contributed by atoms with E-state index < -0.39 is 0 Å². The van der Waals surface area contributed by atoms with E-state index in [9.17, 15) is 9.59 Å². The minimum atomic E-state index is -0.196. The first-order valence-electron chi connectivity index (χ1n) is 10.1. The highest BCUT2D eigenvalue weighted by Crippen LogP contribution is 2.13. The lowest BCUT2D eigenvalue weighted by Gasteiger charge is -2.09. The molecule has 1 heterocycles. The van der Waals surface area contributed by atoms with E-state index >= 15 is 0 Å². The van der Waals surface area contributed by atoms with Crippen molar-refractivity contribution in [3.05, 3.63) is 89.4 Å². The second-order valence-corrected chi connectivity index (χ2v) is 6.87. The molecule has 0 saturated carbocycles. The lowest BCUT2D eigenvalue weighted by atomic mass is 10.1. The number of rotatable bonds is 10. The van der Waals surface area contributed by atoms with Crippen LogP contribution in [0.15, 0.2) is 71.3 Å². The molecule has 0 radical (unpaired) electrons. The molecule has 3 aromatic rings. The lowest BCUT2D eigenvalue weighted by Crippen LogP contribution is -2.24. The molecular formula is C24H26N2O4. The predicted octanol–water partition coefficient (Wildman–Crippen LogP) is 4.32. The number of hydrogen-bond acceptors (Lipinski definition) is 4. The maximum absolute atomic E-state index is 12.4. The molecular weight excluding hydrogens is 380 g/mol. The van der Waals surface area contributed by atoms with Crippen molar-refractivity contribution in [1.82, 2.24) is 10.6 Å². The number of ether oxygens (including phenoxy) is 1. The molecule has 30 heavy (non-hydrogen) atoms. The number of hydrogen-bond donors (Lipinski definition) is 2. The highest BCUT2D eigenvalue weighted by atomic mass is 16.5. The van der Waals surface area contributed by atoms with E-state index in [2.05, 4.69) is 17.6 Å². The van der Waals surface area contributed by atoms with Gasteiger partial charge in [0.1, 0.15) is 11.5 Å². The Kier molecular flexibility index (Phi) is 7.66. The molecule has 0 aliphatic rings. The molecule has 0 unspecified atom stereocenters. The van der Waals surface area contributed by atoms with Crippen LogP contribution in [0.1, 0.15) is 51.8 Å². The molecule has 2 amide bonds. The van der Waals surface area contributed by atoms with Crippen LogP contribution >= 0.6 is 0 Å². The summed E-state index contributed by atoms with van der Waals surface area (Å²) in [7, 11) is 0. The molecule has 156 valence electrons. The van der Waals surface area contributed by atoms with Crippen LogP contribution in [-0.4, -0.2) is 18.4 Å². The van der Waals surface area contributed by atoms with Gasteiger partial charge in [-0.3, -0.25) is 9.59 Å². The molecule has 6 nitrogen and oxygen atoms in total. The fourth-order valence-corrected chi connectivity index (χ4v) is 2.83. The van der Waals surface area contributed by atoms with Crippen LogP contribution < -0.4 is 15.4 Å². The predicted molar refractivity (Wildman–Crippen MR) is 114 cm³/mol. The van der Waals surface area contributed by atoms with Crippen molar-refractivity contribution in [1.29, 1.82) is 0 Å². The zero-order chi connectivity index (χ0) is 21.2. The van der Waals surface area contributed by atoms with Gasteiger partial charge in [0.2, 0.25) is 0 Å². The van der Waals surface area contributed by atoms with Crippen molar-refractivity contribution in [3.63, 3.8) is 0 Å². The van der Waals surface area contributed by atoms with Crippen LogP contribution in [0.25, 0.3) is 0 Å². The molecule has 0 bridgehead atoms. The SMILES string of the molecule is CCCCOc1ccc(C(=O)NCc2cccc(C(=O)NCc3ccco3)c2)cc1. The number of carbonyl (C=O) groups excluding carboxylic acids is 2. The standard InChI is InChI=1S/C24H26N2O4/c1-2-3-13-29-21-11-9-19(10-12-21)23(27)25-16-18-6-4-7-20(15-18)24(28)26-17-22-8-5-14-30-22/h4-12,14-15H,2-3,13,16-17H2,1H3,(H,25,27)(H,26,28). The highest BCUT2D eigenvalue weighted by Gasteiger charge is 2.09. The molecule has 0 spiro atoms. The van der Waals surface area contributed by atoms with Crippen molar-refractivity contribution in [3.8, 4) is 5.75 Å². The Labute approximate surface area is 176 Å². The van der Waals surface area contributed by atoms with Gasteiger partial charge in [-0.25, -0.2) is 0 Å².